The van der Waals surface area contributed by atoms with Crippen molar-refractivity contribution in [2.75, 3.05) is 0 Å². The number of hydrogen-bond acceptors (Lipinski definition) is 1. The molecule has 22 heavy (non-hydrogen) atoms. The molecular formula is C20H14NO+. The fraction of sp³-hybridized carbons (Fsp3) is 0.0500. The summed E-state index contributed by atoms with van der Waals surface area (Å²) in [6.45, 7) is 2.13. The lowest BCUT2D eigenvalue weighted by molar-refractivity contribution is -0.510. The maximum atomic E-state index is 5.99. The Morgan fingerprint density at radius 2 is 1.64 bits per heavy atom. The zero-order valence-corrected chi connectivity index (χ0v) is 12.2. The molecular weight excluding hydrogens is 270 g/mol. The molecule has 0 amide bonds. The number of fused-ring (bicyclic) bond motifs is 6. The van der Waals surface area contributed by atoms with Crippen molar-refractivity contribution in [1.29, 1.82) is 0 Å². The van der Waals surface area contributed by atoms with Gasteiger partial charge in [-0.15, -0.1) is 0 Å². The molecule has 0 aliphatic heterocycles. The van der Waals surface area contributed by atoms with Gasteiger partial charge in [0.15, 0.2) is 12.4 Å². The van der Waals surface area contributed by atoms with Crippen molar-refractivity contribution in [2.24, 2.45) is 0 Å². The summed E-state index contributed by atoms with van der Waals surface area (Å²) in [6.07, 6.45) is 4.22. The van der Waals surface area contributed by atoms with E-state index in [0.717, 1.165) is 11.2 Å². The van der Waals surface area contributed by atoms with Crippen LogP contribution in [0.3, 0.4) is 0 Å². The van der Waals surface area contributed by atoms with Crippen LogP contribution in [0.5, 0.6) is 0 Å². The molecule has 2 aromatic carbocycles. The molecule has 3 heterocycles. The molecule has 0 atom stereocenters. The van der Waals surface area contributed by atoms with E-state index >= 15 is 0 Å². The van der Waals surface area contributed by atoms with E-state index in [0.29, 0.717) is 0 Å². The number of aromatic nitrogens is 1. The van der Waals surface area contributed by atoms with Gasteiger partial charge in [0.25, 0.3) is 0 Å². The average Bonchev–Trinajstić information content (AvgIpc) is 2.90. The molecule has 104 valence electrons. The molecule has 0 bridgehead atoms. The van der Waals surface area contributed by atoms with Gasteiger partial charge in [0.05, 0.1) is 5.39 Å². The van der Waals surface area contributed by atoms with Crippen LogP contribution in [0, 0.1) is 6.92 Å². The van der Waals surface area contributed by atoms with E-state index in [-0.39, 0.29) is 0 Å². The molecule has 0 spiro atoms. The van der Waals surface area contributed by atoms with E-state index in [1.54, 1.807) is 0 Å². The Hall–Kier alpha value is -2.87. The van der Waals surface area contributed by atoms with Gasteiger partial charge >= 0.3 is 0 Å². The first kappa shape index (κ1) is 11.8. The molecule has 2 nitrogen and oxygen atoms in total. The lowest BCUT2D eigenvalue weighted by Crippen LogP contribution is -2.20. The highest BCUT2D eigenvalue weighted by Crippen LogP contribution is 2.32. The quantitative estimate of drug-likeness (QED) is 0.295. The Morgan fingerprint density at radius 3 is 2.59 bits per heavy atom. The van der Waals surface area contributed by atoms with Crippen molar-refractivity contribution >= 4 is 38.2 Å². The first-order chi connectivity index (χ1) is 10.8. The summed E-state index contributed by atoms with van der Waals surface area (Å²) in [7, 11) is 0. The zero-order valence-electron chi connectivity index (χ0n) is 12.2. The minimum absolute atomic E-state index is 0.945. The topological polar surface area (TPSA) is 17.2 Å². The third-order valence-corrected chi connectivity index (χ3v) is 4.38. The van der Waals surface area contributed by atoms with Gasteiger partial charge in [0.2, 0.25) is 5.52 Å². The smallest absolute Gasteiger partial charge is 0.218 e. The van der Waals surface area contributed by atoms with Crippen LogP contribution in [0.2, 0.25) is 0 Å². The summed E-state index contributed by atoms with van der Waals surface area (Å²) in [6, 6.07) is 19.1. The van der Waals surface area contributed by atoms with E-state index in [1.165, 1.54) is 32.6 Å². The number of rotatable bonds is 0. The number of aryl methyl sites for hydroxylation is 1. The van der Waals surface area contributed by atoms with Crippen LogP contribution in [0.25, 0.3) is 38.2 Å². The van der Waals surface area contributed by atoms with E-state index in [9.17, 15) is 0 Å². The normalized spacial score (nSPS) is 11.9. The maximum Gasteiger partial charge on any atom is 0.218 e. The molecule has 5 rings (SSSR count). The highest BCUT2D eigenvalue weighted by Gasteiger charge is 2.12. The van der Waals surface area contributed by atoms with Crippen LogP contribution in [0.1, 0.15) is 5.56 Å². The van der Waals surface area contributed by atoms with E-state index < -0.39 is 0 Å². The Bertz CT molecular complexity index is 1180. The third-order valence-electron chi connectivity index (χ3n) is 4.38. The largest absolute Gasteiger partial charge is 0.456 e. The minimum Gasteiger partial charge on any atom is -0.456 e. The molecule has 0 saturated heterocycles. The number of pyridine rings is 2. The Balaban J connectivity index is 2.04. The zero-order chi connectivity index (χ0) is 14.7. The van der Waals surface area contributed by atoms with Crippen molar-refractivity contribution in [3.8, 4) is 0 Å². The second kappa shape index (κ2) is 4.08. The van der Waals surface area contributed by atoms with Gasteiger partial charge in [-0.25, -0.2) is 0 Å². The molecule has 0 unspecified atom stereocenters. The van der Waals surface area contributed by atoms with Crippen molar-refractivity contribution < 1.29 is 8.82 Å². The average molecular weight is 284 g/mol. The van der Waals surface area contributed by atoms with Crippen molar-refractivity contribution in [3.63, 3.8) is 0 Å². The van der Waals surface area contributed by atoms with Gasteiger partial charge < -0.3 is 4.42 Å². The van der Waals surface area contributed by atoms with E-state index in [1.807, 2.05) is 12.1 Å². The number of hydrogen-bond donors (Lipinski definition) is 0. The van der Waals surface area contributed by atoms with Gasteiger partial charge in [0, 0.05) is 29.0 Å². The third kappa shape index (κ3) is 1.52. The molecule has 0 aliphatic rings. The van der Waals surface area contributed by atoms with Gasteiger partial charge in [-0.3, -0.25) is 0 Å². The number of benzene rings is 2. The van der Waals surface area contributed by atoms with Gasteiger partial charge in [-0.2, -0.15) is 4.40 Å². The summed E-state index contributed by atoms with van der Waals surface area (Å²) in [5.41, 5.74) is 4.39. The van der Waals surface area contributed by atoms with Gasteiger partial charge in [-0.05, 0) is 36.1 Å². The molecule has 0 N–H and O–H groups in total. The number of nitrogens with zero attached hydrogens (tertiary/aromatic N) is 1. The molecule has 0 aliphatic carbocycles. The van der Waals surface area contributed by atoms with Crippen LogP contribution in [-0.4, -0.2) is 0 Å². The standard InChI is InChI=1S/C20H14NO/c1-13-6-8-21-9-7-14-11-20-17(12-16(14)18(21)10-13)15-4-2-3-5-19(15)22-20/h2-12H,1H3/q+1. The minimum atomic E-state index is 0.945. The van der Waals surface area contributed by atoms with Gasteiger partial charge in [-0.1, -0.05) is 18.2 Å². The van der Waals surface area contributed by atoms with Crippen LogP contribution >= 0.6 is 0 Å². The summed E-state index contributed by atoms with van der Waals surface area (Å²) < 4.78 is 8.16. The highest BCUT2D eigenvalue weighted by molar-refractivity contribution is 6.12. The lowest BCUT2D eigenvalue weighted by Gasteiger charge is -2.00. The summed E-state index contributed by atoms with van der Waals surface area (Å²) >= 11 is 0. The predicted molar refractivity (Wildman–Crippen MR) is 89.1 cm³/mol. The second-order valence-corrected chi connectivity index (χ2v) is 5.85. The fourth-order valence-corrected chi connectivity index (χ4v) is 3.27. The molecule has 0 saturated carbocycles. The first-order valence-electron chi connectivity index (χ1n) is 7.45. The van der Waals surface area contributed by atoms with Crippen molar-refractivity contribution in [3.05, 3.63) is 72.6 Å². The maximum absolute atomic E-state index is 5.99. The van der Waals surface area contributed by atoms with Crippen LogP contribution in [0.4, 0.5) is 0 Å². The van der Waals surface area contributed by atoms with Crippen molar-refractivity contribution in [1.82, 2.24) is 0 Å². The Labute approximate surface area is 127 Å². The monoisotopic (exact) mass is 284 g/mol. The molecule has 3 aromatic heterocycles. The lowest BCUT2D eigenvalue weighted by atomic mass is 10.1. The first-order valence-corrected chi connectivity index (χ1v) is 7.45. The molecule has 5 aromatic rings. The SMILES string of the molecule is Cc1cc[n+]2ccc3cc4oc5ccccc5c4cc3c2c1. The highest BCUT2D eigenvalue weighted by atomic mass is 16.3. The van der Waals surface area contributed by atoms with Crippen molar-refractivity contribution in [2.45, 2.75) is 6.92 Å². The van der Waals surface area contributed by atoms with Crippen LogP contribution < -0.4 is 4.40 Å². The fourth-order valence-electron chi connectivity index (χ4n) is 3.27. The molecule has 2 heteroatoms. The number of para-hydroxylation sites is 1. The predicted octanol–water partition coefficient (Wildman–Crippen LogP) is 4.79. The van der Waals surface area contributed by atoms with Crippen LogP contribution in [-0.2, 0) is 0 Å². The van der Waals surface area contributed by atoms with E-state index in [2.05, 4.69) is 66.2 Å². The molecule has 0 radical (unpaired) electrons. The molecule has 0 fully saturated rings. The summed E-state index contributed by atoms with van der Waals surface area (Å²) in [5.74, 6) is 0. The number of furan rings is 1. The van der Waals surface area contributed by atoms with Gasteiger partial charge in [0.1, 0.15) is 11.2 Å². The van der Waals surface area contributed by atoms with Crippen LogP contribution in [0.15, 0.2) is 71.4 Å². The Morgan fingerprint density at radius 1 is 0.773 bits per heavy atom. The summed E-state index contributed by atoms with van der Waals surface area (Å²) in [4.78, 5) is 0. The summed E-state index contributed by atoms with van der Waals surface area (Å²) in [5, 5.41) is 4.81. The second-order valence-electron chi connectivity index (χ2n) is 5.85. The van der Waals surface area contributed by atoms with E-state index in [4.69, 9.17) is 4.42 Å². The Kier molecular flexibility index (Phi) is 2.18.